The molecule has 4 rings (SSSR count). The van der Waals surface area contributed by atoms with Crippen LogP contribution < -0.4 is 0 Å². The molecule has 116 valence electrons. The van der Waals surface area contributed by atoms with Crippen LogP contribution in [0.2, 0.25) is 0 Å². The van der Waals surface area contributed by atoms with Crippen molar-refractivity contribution in [3.63, 3.8) is 0 Å². The molecule has 0 aliphatic rings. The lowest BCUT2D eigenvalue weighted by molar-refractivity contribution is -0.139. The zero-order valence-electron chi connectivity index (χ0n) is 12.2. The SMILES string of the molecule is CCOC(=O)CSc1nnc2n3cnnc3c3ccccc3n12. The zero-order valence-corrected chi connectivity index (χ0v) is 13.0. The lowest BCUT2D eigenvalue weighted by Crippen LogP contribution is -2.07. The van der Waals surface area contributed by atoms with Crippen LogP contribution in [0.4, 0.5) is 0 Å². The van der Waals surface area contributed by atoms with Crippen molar-refractivity contribution >= 4 is 40.1 Å². The van der Waals surface area contributed by atoms with Crippen LogP contribution in [0.25, 0.3) is 22.3 Å². The van der Waals surface area contributed by atoms with Gasteiger partial charge in [-0.2, -0.15) is 0 Å². The number of hydrogen-bond donors (Lipinski definition) is 0. The molecule has 0 fully saturated rings. The molecule has 0 atom stereocenters. The number of ether oxygens (including phenoxy) is 1. The highest BCUT2D eigenvalue weighted by molar-refractivity contribution is 7.99. The van der Waals surface area contributed by atoms with E-state index in [1.807, 2.05) is 28.7 Å². The average molecular weight is 328 g/mol. The van der Waals surface area contributed by atoms with Gasteiger partial charge >= 0.3 is 5.97 Å². The molecule has 0 spiro atoms. The quantitative estimate of drug-likeness (QED) is 0.415. The number of benzene rings is 1. The number of aromatic nitrogens is 6. The Bertz CT molecular complexity index is 1020. The molecule has 0 radical (unpaired) electrons. The molecule has 0 amide bonds. The second-order valence-corrected chi connectivity index (χ2v) is 5.70. The molecule has 0 aliphatic heterocycles. The Morgan fingerprint density at radius 3 is 3.00 bits per heavy atom. The van der Waals surface area contributed by atoms with Crippen molar-refractivity contribution < 1.29 is 9.53 Å². The molecule has 0 unspecified atom stereocenters. The number of para-hydroxylation sites is 1. The molecule has 3 aromatic heterocycles. The van der Waals surface area contributed by atoms with Crippen molar-refractivity contribution in [2.75, 3.05) is 12.4 Å². The molecular formula is C14H12N6O2S. The van der Waals surface area contributed by atoms with Gasteiger partial charge in [0.05, 0.1) is 17.9 Å². The monoisotopic (exact) mass is 328 g/mol. The molecule has 0 aliphatic carbocycles. The van der Waals surface area contributed by atoms with Gasteiger partial charge in [-0.25, -0.2) is 4.40 Å². The third-order valence-electron chi connectivity index (χ3n) is 3.39. The summed E-state index contributed by atoms with van der Waals surface area (Å²) in [6, 6.07) is 7.82. The summed E-state index contributed by atoms with van der Waals surface area (Å²) >= 11 is 1.29. The van der Waals surface area contributed by atoms with E-state index in [0.29, 0.717) is 17.5 Å². The molecular weight excluding hydrogens is 316 g/mol. The first-order valence-corrected chi connectivity index (χ1v) is 8.02. The van der Waals surface area contributed by atoms with Gasteiger partial charge in [0.1, 0.15) is 6.33 Å². The van der Waals surface area contributed by atoms with Crippen molar-refractivity contribution in [3.8, 4) is 0 Å². The molecule has 9 heteroatoms. The van der Waals surface area contributed by atoms with Crippen LogP contribution in [0.1, 0.15) is 6.92 Å². The molecule has 3 heterocycles. The summed E-state index contributed by atoms with van der Waals surface area (Å²) in [5.74, 6) is 0.516. The average Bonchev–Trinajstić information content (AvgIpc) is 3.20. The van der Waals surface area contributed by atoms with Crippen molar-refractivity contribution in [1.82, 2.24) is 29.2 Å². The Balaban J connectivity index is 1.90. The minimum Gasteiger partial charge on any atom is -0.465 e. The maximum Gasteiger partial charge on any atom is 0.316 e. The highest BCUT2D eigenvalue weighted by Gasteiger charge is 2.16. The number of carbonyl (C=O) groups is 1. The summed E-state index contributed by atoms with van der Waals surface area (Å²) in [5, 5.41) is 18.1. The molecule has 0 saturated carbocycles. The van der Waals surface area contributed by atoms with E-state index >= 15 is 0 Å². The minimum atomic E-state index is -0.274. The van der Waals surface area contributed by atoms with Crippen LogP contribution in [0.3, 0.4) is 0 Å². The van der Waals surface area contributed by atoms with Crippen LogP contribution in [-0.4, -0.2) is 47.5 Å². The maximum atomic E-state index is 11.6. The van der Waals surface area contributed by atoms with Crippen LogP contribution in [0.5, 0.6) is 0 Å². The molecule has 0 bridgehead atoms. The summed E-state index contributed by atoms with van der Waals surface area (Å²) in [6.45, 7) is 2.15. The lowest BCUT2D eigenvalue weighted by atomic mass is 10.2. The largest absolute Gasteiger partial charge is 0.465 e. The Labute approximate surface area is 134 Å². The van der Waals surface area contributed by atoms with Gasteiger partial charge in [0.25, 0.3) is 0 Å². The van der Waals surface area contributed by atoms with Gasteiger partial charge in [-0.3, -0.25) is 9.20 Å². The van der Waals surface area contributed by atoms with Crippen molar-refractivity contribution in [1.29, 1.82) is 0 Å². The molecule has 4 aromatic rings. The third kappa shape index (κ3) is 2.20. The predicted molar refractivity (Wildman–Crippen MR) is 84.4 cm³/mol. The molecule has 0 saturated heterocycles. The Morgan fingerprint density at radius 2 is 2.13 bits per heavy atom. The first kappa shape index (κ1) is 13.9. The van der Waals surface area contributed by atoms with E-state index in [-0.39, 0.29) is 11.7 Å². The number of carbonyl (C=O) groups excluding carboxylic acids is 1. The van der Waals surface area contributed by atoms with Crippen LogP contribution in [0.15, 0.2) is 35.7 Å². The summed E-state index contributed by atoms with van der Waals surface area (Å²) < 4.78 is 8.64. The Morgan fingerprint density at radius 1 is 1.26 bits per heavy atom. The van der Waals surface area contributed by atoms with E-state index < -0.39 is 0 Å². The molecule has 0 N–H and O–H groups in total. The van der Waals surface area contributed by atoms with E-state index in [2.05, 4.69) is 20.4 Å². The number of rotatable bonds is 4. The summed E-state index contributed by atoms with van der Waals surface area (Å²) in [7, 11) is 0. The molecule has 23 heavy (non-hydrogen) atoms. The topological polar surface area (TPSA) is 86.7 Å². The van der Waals surface area contributed by atoms with Crippen molar-refractivity contribution in [2.24, 2.45) is 0 Å². The van der Waals surface area contributed by atoms with Crippen LogP contribution in [-0.2, 0) is 9.53 Å². The molecule has 1 aromatic carbocycles. The van der Waals surface area contributed by atoms with Gasteiger partial charge in [-0.15, -0.1) is 20.4 Å². The Hall–Kier alpha value is -2.68. The summed E-state index contributed by atoms with van der Waals surface area (Å²) in [4.78, 5) is 11.6. The fraction of sp³-hybridized carbons (Fsp3) is 0.214. The van der Waals surface area contributed by atoms with Gasteiger partial charge in [0, 0.05) is 5.39 Å². The van der Waals surface area contributed by atoms with E-state index in [0.717, 1.165) is 16.6 Å². The fourth-order valence-electron chi connectivity index (χ4n) is 2.47. The Kier molecular flexibility index (Phi) is 3.34. The van der Waals surface area contributed by atoms with Crippen molar-refractivity contribution in [3.05, 3.63) is 30.6 Å². The second kappa shape index (κ2) is 5.51. The van der Waals surface area contributed by atoms with E-state index in [1.54, 1.807) is 17.7 Å². The van der Waals surface area contributed by atoms with Crippen LogP contribution >= 0.6 is 11.8 Å². The highest BCUT2D eigenvalue weighted by Crippen LogP contribution is 2.25. The van der Waals surface area contributed by atoms with E-state index in [1.165, 1.54) is 11.8 Å². The first-order valence-electron chi connectivity index (χ1n) is 7.03. The number of thioether (sulfide) groups is 1. The first-order chi connectivity index (χ1) is 11.3. The van der Waals surface area contributed by atoms with Gasteiger partial charge in [-0.05, 0) is 19.1 Å². The lowest BCUT2D eigenvalue weighted by Gasteiger charge is -2.06. The second-order valence-electron chi connectivity index (χ2n) is 4.75. The third-order valence-corrected chi connectivity index (χ3v) is 4.29. The zero-order chi connectivity index (χ0) is 15.8. The number of esters is 1. The van der Waals surface area contributed by atoms with Gasteiger partial charge in [-0.1, -0.05) is 23.9 Å². The van der Waals surface area contributed by atoms with E-state index in [4.69, 9.17) is 4.74 Å². The summed E-state index contributed by atoms with van der Waals surface area (Å²) in [5.41, 5.74) is 1.64. The number of nitrogens with zero attached hydrogens (tertiary/aromatic N) is 6. The fourth-order valence-corrected chi connectivity index (χ4v) is 3.21. The minimum absolute atomic E-state index is 0.184. The highest BCUT2D eigenvalue weighted by atomic mass is 32.2. The van der Waals surface area contributed by atoms with Gasteiger partial charge < -0.3 is 4.74 Å². The van der Waals surface area contributed by atoms with Crippen molar-refractivity contribution in [2.45, 2.75) is 12.1 Å². The number of hydrogen-bond acceptors (Lipinski definition) is 7. The van der Waals surface area contributed by atoms with Gasteiger partial charge in [0.2, 0.25) is 5.78 Å². The summed E-state index contributed by atoms with van der Waals surface area (Å²) in [6.07, 6.45) is 1.60. The predicted octanol–water partition coefficient (Wildman–Crippen LogP) is 1.58. The standard InChI is InChI=1S/C14H12N6O2S/c1-2-22-11(21)7-23-14-18-17-13-19-8-15-16-12(19)9-5-3-4-6-10(9)20(13)14/h3-6,8H,2,7H2,1H3. The normalized spacial score (nSPS) is 11.5. The number of fused-ring (bicyclic) bond motifs is 6. The smallest absolute Gasteiger partial charge is 0.316 e. The van der Waals surface area contributed by atoms with Crippen LogP contribution in [0, 0.1) is 0 Å². The molecule has 8 nitrogen and oxygen atoms in total. The maximum absolute atomic E-state index is 11.6. The van der Waals surface area contributed by atoms with E-state index in [9.17, 15) is 4.79 Å². The van der Waals surface area contributed by atoms with Gasteiger partial charge in [0.15, 0.2) is 10.8 Å².